The van der Waals surface area contributed by atoms with Gasteiger partial charge < -0.3 is 10.8 Å². The Bertz CT molecular complexity index is 374. The normalized spacial score (nSPS) is 18.5. The zero-order valence-electron chi connectivity index (χ0n) is 14.2. The van der Waals surface area contributed by atoms with Gasteiger partial charge in [-0.1, -0.05) is 33.1 Å². The molecule has 0 spiro atoms. The maximum absolute atomic E-state index is 11.8. The van der Waals surface area contributed by atoms with Gasteiger partial charge in [-0.05, 0) is 36.2 Å². The summed E-state index contributed by atoms with van der Waals surface area (Å²) in [5, 5.41) is 10.4. The molecule has 1 saturated carbocycles. The Morgan fingerprint density at radius 1 is 1.22 bits per heavy atom. The third-order valence-corrected chi connectivity index (χ3v) is 5.24. The van der Waals surface area contributed by atoms with E-state index in [9.17, 15) is 14.7 Å². The van der Waals surface area contributed by atoms with Crippen LogP contribution in [0.15, 0.2) is 0 Å². The van der Waals surface area contributed by atoms with E-state index in [1.807, 2.05) is 0 Å². The number of carbonyl (C=O) groups excluding carboxylic acids is 2. The van der Waals surface area contributed by atoms with Crippen LogP contribution in [0.5, 0.6) is 0 Å². The number of hydrogen-bond donors (Lipinski definition) is 4. The molecule has 23 heavy (non-hydrogen) atoms. The van der Waals surface area contributed by atoms with Gasteiger partial charge in [0.25, 0.3) is 5.91 Å². The minimum atomic E-state index is -1.31. The lowest BCUT2D eigenvalue weighted by molar-refractivity contribution is -0.135. The summed E-state index contributed by atoms with van der Waals surface area (Å²) >= 11 is 1.73. The first-order valence-electron chi connectivity index (χ1n) is 8.54. The van der Waals surface area contributed by atoms with Gasteiger partial charge in [-0.15, -0.1) is 0 Å². The first kappa shape index (κ1) is 20.3. The molecule has 6 nitrogen and oxygen atoms in total. The quantitative estimate of drug-likeness (QED) is 0.497. The van der Waals surface area contributed by atoms with E-state index >= 15 is 0 Å². The summed E-state index contributed by atoms with van der Waals surface area (Å²) in [6.07, 6.45) is 5.40. The van der Waals surface area contributed by atoms with Crippen LogP contribution in [0.4, 0.5) is 0 Å². The lowest BCUT2D eigenvalue weighted by atomic mass is 9.87. The van der Waals surface area contributed by atoms with E-state index in [1.54, 1.807) is 11.8 Å². The van der Waals surface area contributed by atoms with E-state index in [0.717, 1.165) is 18.6 Å². The molecule has 1 fully saturated rings. The zero-order chi connectivity index (χ0) is 17.2. The number of nitrogens with two attached hydrogens (primary N) is 1. The topological polar surface area (TPSA) is 104 Å². The maximum Gasteiger partial charge on any atom is 0.268 e. The van der Waals surface area contributed by atoms with Gasteiger partial charge in [0, 0.05) is 12.5 Å². The fourth-order valence-electron chi connectivity index (χ4n) is 2.70. The Labute approximate surface area is 143 Å². The van der Waals surface area contributed by atoms with Crippen LogP contribution in [0.1, 0.15) is 58.8 Å². The van der Waals surface area contributed by atoms with Gasteiger partial charge in [0.2, 0.25) is 5.91 Å². The summed E-state index contributed by atoms with van der Waals surface area (Å²) in [4.78, 5) is 23.6. The van der Waals surface area contributed by atoms with E-state index in [0.29, 0.717) is 24.0 Å². The van der Waals surface area contributed by atoms with E-state index in [2.05, 4.69) is 24.7 Å². The predicted octanol–water partition coefficient (Wildman–Crippen LogP) is 1.32. The molecule has 7 heteroatoms. The molecule has 0 aliphatic heterocycles. The van der Waals surface area contributed by atoms with Crippen molar-refractivity contribution in [3.05, 3.63) is 0 Å². The summed E-state index contributed by atoms with van der Waals surface area (Å²) in [5.74, 6) is 0.336. The molecular formula is C16H31N3O3S. The Morgan fingerprint density at radius 3 is 2.48 bits per heavy atom. The van der Waals surface area contributed by atoms with Gasteiger partial charge in [-0.2, -0.15) is 11.8 Å². The third kappa shape index (κ3) is 8.58. The first-order chi connectivity index (χ1) is 10.9. The van der Waals surface area contributed by atoms with Gasteiger partial charge >= 0.3 is 0 Å². The molecular weight excluding hydrogens is 314 g/mol. The van der Waals surface area contributed by atoms with Crippen LogP contribution >= 0.6 is 11.8 Å². The summed E-state index contributed by atoms with van der Waals surface area (Å²) in [6, 6.07) is -0.628. The van der Waals surface area contributed by atoms with Crippen LogP contribution in [0.2, 0.25) is 0 Å². The van der Waals surface area contributed by atoms with Crippen LogP contribution in [0, 0.1) is 5.92 Å². The first-order valence-corrected chi connectivity index (χ1v) is 9.59. The molecule has 1 aliphatic carbocycles. The van der Waals surface area contributed by atoms with Crippen LogP contribution < -0.4 is 16.6 Å². The average molecular weight is 346 g/mol. The molecule has 0 bridgehead atoms. The van der Waals surface area contributed by atoms with Crippen molar-refractivity contribution in [2.75, 3.05) is 5.75 Å². The molecule has 0 heterocycles. The lowest BCUT2D eigenvalue weighted by Crippen LogP contribution is -2.52. The number of hydrogen-bond acceptors (Lipinski definition) is 5. The molecule has 1 rings (SSSR count). The van der Waals surface area contributed by atoms with E-state index in [4.69, 9.17) is 5.73 Å². The van der Waals surface area contributed by atoms with Gasteiger partial charge in [0.05, 0.1) is 0 Å². The second-order valence-corrected chi connectivity index (χ2v) is 8.25. The van der Waals surface area contributed by atoms with Crippen LogP contribution in [-0.4, -0.2) is 40.1 Å². The van der Waals surface area contributed by atoms with E-state index in [-0.39, 0.29) is 5.91 Å². The van der Waals surface area contributed by atoms with Crippen molar-refractivity contribution in [3.63, 3.8) is 0 Å². The smallest absolute Gasteiger partial charge is 0.268 e. The number of aliphatic hydroxyl groups excluding tert-OH is 1. The van der Waals surface area contributed by atoms with Crippen molar-refractivity contribution in [1.29, 1.82) is 0 Å². The third-order valence-electron chi connectivity index (χ3n) is 4.10. The molecule has 5 N–H and O–H groups in total. The Balaban J connectivity index is 2.21. The second kappa shape index (κ2) is 10.9. The second-order valence-electron chi connectivity index (χ2n) is 6.56. The molecule has 134 valence electrons. The van der Waals surface area contributed by atoms with Crippen LogP contribution in [0.25, 0.3) is 0 Å². The molecule has 1 aliphatic rings. The predicted molar refractivity (Wildman–Crippen MR) is 93.7 cm³/mol. The number of amides is 2. The molecule has 1 unspecified atom stereocenters. The molecule has 0 aromatic carbocycles. The van der Waals surface area contributed by atoms with Crippen molar-refractivity contribution in [1.82, 2.24) is 10.9 Å². The summed E-state index contributed by atoms with van der Waals surface area (Å²) in [7, 11) is 0. The van der Waals surface area contributed by atoms with Crippen LogP contribution in [-0.2, 0) is 9.59 Å². The van der Waals surface area contributed by atoms with E-state index < -0.39 is 18.1 Å². The monoisotopic (exact) mass is 345 g/mol. The fraction of sp³-hybridized carbons (Fsp3) is 0.875. The minimum absolute atomic E-state index is 0.207. The summed E-state index contributed by atoms with van der Waals surface area (Å²) in [5.41, 5.74) is 10.5. The van der Waals surface area contributed by atoms with Gasteiger partial charge in [0.1, 0.15) is 6.10 Å². The maximum atomic E-state index is 11.8. The van der Waals surface area contributed by atoms with Crippen molar-refractivity contribution < 1.29 is 14.7 Å². The Kier molecular flexibility index (Phi) is 9.59. The molecule has 0 saturated heterocycles. The highest BCUT2D eigenvalue weighted by Gasteiger charge is 2.23. The van der Waals surface area contributed by atoms with Crippen LogP contribution in [0.3, 0.4) is 0 Å². The average Bonchev–Trinajstić information content (AvgIpc) is 2.52. The summed E-state index contributed by atoms with van der Waals surface area (Å²) < 4.78 is 0. The Morgan fingerprint density at radius 2 is 1.87 bits per heavy atom. The number of aliphatic hydroxyl groups is 1. The largest absolute Gasteiger partial charge is 0.382 e. The molecule has 2 amide bonds. The highest BCUT2D eigenvalue weighted by molar-refractivity contribution is 7.99. The van der Waals surface area contributed by atoms with Crippen molar-refractivity contribution in [2.24, 2.45) is 11.7 Å². The zero-order valence-corrected chi connectivity index (χ0v) is 15.0. The number of thioether (sulfide) groups is 1. The van der Waals surface area contributed by atoms with Gasteiger partial charge in [-0.25, -0.2) is 0 Å². The highest BCUT2D eigenvalue weighted by Crippen LogP contribution is 2.25. The molecule has 0 radical (unpaired) electrons. The molecule has 2 atom stereocenters. The minimum Gasteiger partial charge on any atom is -0.382 e. The summed E-state index contributed by atoms with van der Waals surface area (Å²) in [6.45, 7) is 4.17. The Hall–Kier alpha value is -0.790. The van der Waals surface area contributed by atoms with E-state index in [1.165, 1.54) is 19.3 Å². The van der Waals surface area contributed by atoms with Gasteiger partial charge in [-0.3, -0.25) is 20.4 Å². The van der Waals surface area contributed by atoms with Gasteiger partial charge in [0.15, 0.2) is 0 Å². The molecule has 0 aromatic rings. The number of rotatable bonds is 8. The van der Waals surface area contributed by atoms with Crippen molar-refractivity contribution >= 4 is 23.6 Å². The highest BCUT2D eigenvalue weighted by atomic mass is 32.2. The fourth-order valence-corrected chi connectivity index (χ4v) is 3.58. The number of hydrazine groups is 1. The van der Waals surface area contributed by atoms with Crippen molar-refractivity contribution in [2.45, 2.75) is 76.2 Å². The SMILES string of the molecule is CC(C)SCC[C@@H](N)C(O)C(=O)NNC(=O)CC1CCCCC1. The lowest BCUT2D eigenvalue weighted by Gasteiger charge is -2.22. The number of carbonyl (C=O) groups is 2. The number of nitrogens with one attached hydrogen (secondary N) is 2. The van der Waals surface area contributed by atoms with Crippen molar-refractivity contribution in [3.8, 4) is 0 Å². The standard InChI is InChI=1S/C16H31N3O3S/c1-11(2)23-9-8-13(17)15(21)16(22)19-18-14(20)10-12-6-4-3-5-7-12/h11-13,15,21H,3-10,17H2,1-2H3,(H,18,20)(H,19,22)/t13-,15?/m1/s1. The molecule has 0 aromatic heterocycles.